The third-order valence-corrected chi connectivity index (χ3v) is 4.77. The fraction of sp³-hybridized carbons (Fsp3) is 0.625. The fourth-order valence-electron chi connectivity index (χ4n) is 3.69. The highest BCUT2D eigenvalue weighted by molar-refractivity contribution is 5.41. The quantitative estimate of drug-likeness (QED) is 0.885. The second-order valence-corrected chi connectivity index (χ2v) is 5.95. The number of fused-ring (bicyclic) bond motifs is 1. The first kappa shape index (κ1) is 13.7. The molecule has 2 saturated heterocycles. The maximum atomic E-state index is 10.1. The first-order valence-corrected chi connectivity index (χ1v) is 7.56. The Kier molecular flexibility index (Phi) is 3.85. The van der Waals surface area contributed by atoms with Crippen LogP contribution in [0.5, 0.6) is 11.5 Å². The molecular weight excluding hydrogens is 252 g/mol. The summed E-state index contributed by atoms with van der Waals surface area (Å²) < 4.78 is 5.25. The van der Waals surface area contributed by atoms with Gasteiger partial charge in [-0.3, -0.25) is 4.90 Å². The van der Waals surface area contributed by atoms with E-state index in [1.165, 1.54) is 32.4 Å². The summed E-state index contributed by atoms with van der Waals surface area (Å²) in [6.45, 7) is 4.58. The predicted octanol–water partition coefficient (Wildman–Crippen LogP) is 2.29. The van der Waals surface area contributed by atoms with E-state index >= 15 is 0 Å². The molecule has 2 heterocycles. The maximum Gasteiger partial charge on any atom is 0.120 e. The lowest BCUT2D eigenvalue weighted by Crippen LogP contribution is -2.40. The van der Waals surface area contributed by atoms with Crippen molar-refractivity contribution in [2.45, 2.75) is 44.3 Å². The van der Waals surface area contributed by atoms with Crippen molar-refractivity contribution in [3.8, 4) is 11.5 Å². The van der Waals surface area contributed by atoms with E-state index in [4.69, 9.17) is 4.74 Å². The molecule has 0 radical (unpaired) electrons. The summed E-state index contributed by atoms with van der Waals surface area (Å²) in [6.07, 6.45) is 3.83. The molecule has 4 heteroatoms. The molecule has 1 aromatic rings. The average Bonchev–Trinajstić information content (AvgIpc) is 3.04. The van der Waals surface area contributed by atoms with Crippen LogP contribution in [0.2, 0.25) is 0 Å². The van der Waals surface area contributed by atoms with E-state index in [1.54, 1.807) is 19.2 Å². The van der Waals surface area contributed by atoms with Gasteiger partial charge < -0.3 is 15.2 Å². The molecule has 0 aromatic heterocycles. The van der Waals surface area contributed by atoms with Gasteiger partial charge in [0.05, 0.1) is 7.11 Å². The van der Waals surface area contributed by atoms with Crippen molar-refractivity contribution in [2.24, 2.45) is 0 Å². The SMILES string of the molecule is COc1ccc(O)c(C(C)NC2CCN3CCCC23)c1. The lowest BCUT2D eigenvalue weighted by molar-refractivity contribution is 0.290. The molecule has 20 heavy (non-hydrogen) atoms. The van der Waals surface area contributed by atoms with E-state index in [1.807, 2.05) is 6.07 Å². The van der Waals surface area contributed by atoms with Crippen LogP contribution in [0, 0.1) is 0 Å². The molecule has 4 nitrogen and oxygen atoms in total. The van der Waals surface area contributed by atoms with Crippen LogP contribution in [0.25, 0.3) is 0 Å². The first-order chi connectivity index (χ1) is 9.69. The van der Waals surface area contributed by atoms with Crippen molar-refractivity contribution in [1.29, 1.82) is 0 Å². The molecule has 110 valence electrons. The van der Waals surface area contributed by atoms with Crippen molar-refractivity contribution in [1.82, 2.24) is 10.2 Å². The van der Waals surface area contributed by atoms with Gasteiger partial charge >= 0.3 is 0 Å². The van der Waals surface area contributed by atoms with Gasteiger partial charge in [0.15, 0.2) is 0 Å². The van der Waals surface area contributed by atoms with E-state index in [0.717, 1.165) is 11.3 Å². The number of phenolic OH excluding ortho intramolecular Hbond substituents is 1. The van der Waals surface area contributed by atoms with Crippen LogP contribution in [0.15, 0.2) is 18.2 Å². The monoisotopic (exact) mass is 276 g/mol. The molecule has 3 atom stereocenters. The Hall–Kier alpha value is -1.26. The van der Waals surface area contributed by atoms with Crippen molar-refractivity contribution in [3.05, 3.63) is 23.8 Å². The van der Waals surface area contributed by atoms with Gasteiger partial charge in [0.2, 0.25) is 0 Å². The van der Waals surface area contributed by atoms with Crippen LogP contribution in [-0.4, -0.2) is 42.3 Å². The summed E-state index contributed by atoms with van der Waals surface area (Å²) in [5.41, 5.74) is 0.917. The highest BCUT2D eigenvalue weighted by Crippen LogP contribution is 2.32. The lowest BCUT2D eigenvalue weighted by atomic mass is 10.0. The molecule has 2 aliphatic heterocycles. The normalized spacial score (nSPS) is 27.5. The highest BCUT2D eigenvalue weighted by Gasteiger charge is 2.37. The van der Waals surface area contributed by atoms with Crippen molar-refractivity contribution in [3.63, 3.8) is 0 Å². The first-order valence-electron chi connectivity index (χ1n) is 7.56. The molecule has 2 aliphatic rings. The van der Waals surface area contributed by atoms with E-state index < -0.39 is 0 Å². The van der Waals surface area contributed by atoms with Gasteiger partial charge in [-0.05, 0) is 50.9 Å². The van der Waals surface area contributed by atoms with Crippen molar-refractivity contribution in [2.75, 3.05) is 20.2 Å². The Morgan fingerprint density at radius 3 is 3.00 bits per heavy atom. The molecule has 2 fully saturated rings. The fourth-order valence-corrected chi connectivity index (χ4v) is 3.69. The Balaban J connectivity index is 1.71. The number of methoxy groups -OCH3 is 1. The molecule has 0 bridgehead atoms. The van der Waals surface area contributed by atoms with E-state index in [9.17, 15) is 5.11 Å². The number of benzene rings is 1. The van der Waals surface area contributed by atoms with Crippen LogP contribution in [-0.2, 0) is 0 Å². The van der Waals surface area contributed by atoms with Gasteiger partial charge in [0.25, 0.3) is 0 Å². The lowest BCUT2D eigenvalue weighted by Gasteiger charge is -2.26. The number of hydrogen-bond donors (Lipinski definition) is 2. The molecule has 0 saturated carbocycles. The predicted molar refractivity (Wildman–Crippen MR) is 79.2 cm³/mol. The van der Waals surface area contributed by atoms with E-state index in [-0.39, 0.29) is 6.04 Å². The zero-order valence-corrected chi connectivity index (χ0v) is 12.3. The summed E-state index contributed by atoms with van der Waals surface area (Å²) in [5.74, 6) is 1.13. The number of nitrogens with zero attached hydrogens (tertiary/aromatic N) is 1. The summed E-state index contributed by atoms with van der Waals surface area (Å²) in [7, 11) is 1.65. The van der Waals surface area contributed by atoms with Crippen LogP contribution in [0.4, 0.5) is 0 Å². The minimum atomic E-state index is 0.135. The van der Waals surface area contributed by atoms with Crippen LogP contribution in [0.1, 0.15) is 37.8 Å². The van der Waals surface area contributed by atoms with Crippen molar-refractivity contribution < 1.29 is 9.84 Å². The number of nitrogens with one attached hydrogen (secondary N) is 1. The summed E-state index contributed by atoms with van der Waals surface area (Å²) >= 11 is 0. The van der Waals surface area contributed by atoms with Crippen LogP contribution < -0.4 is 10.1 Å². The largest absolute Gasteiger partial charge is 0.508 e. The summed E-state index contributed by atoms with van der Waals surface area (Å²) in [5, 5.41) is 13.8. The molecular formula is C16H24N2O2. The topological polar surface area (TPSA) is 44.7 Å². The van der Waals surface area contributed by atoms with Gasteiger partial charge in [0.1, 0.15) is 11.5 Å². The second-order valence-electron chi connectivity index (χ2n) is 5.95. The maximum absolute atomic E-state index is 10.1. The zero-order chi connectivity index (χ0) is 14.1. The number of rotatable bonds is 4. The molecule has 0 aliphatic carbocycles. The Bertz CT molecular complexity index is 478. The van der Waals surface area contributed by atoms with Gasteiger partial charge in [-0.25, -0.2) is 0 Å². The molecule has 0 spiro atoms. The third-order valence-electron chi connectivity index (χ3n) is 4.77. The number of aromatic hydroxyl groups is 1. The highest BCUT2D eigenvalue weighted by atomic mass is 16.5. The molecule has 0 amide bonds. The van der Waals surface area contributed by atoms with Gasteiger partial charge in [0, 0.05) is 30.2 Å². The van der Waals surface area contributed by atoms with Gasteiger partial charge in [-0.2, -0.15) is 0 Å². The van der Waals surface area contributed by atoms with Crippen LogP contribution >= 0.6 is 0 Å². The van der Waals surface area contributed by atoms with Crippen molar-refractivity contribution >= 4 is 0 Å². The number of phenols is 1. The summed E-state index contributed by atoms with van der Waals surface area (Å²) in [4.78, 5) is 2.59. The van der Waals surface area contributed by atoms with Gasteiger partial charge in [-0.15, -0.1) is 0 Å². The molecule has 2 N–H and O–H groups in total. The zero-order valence-electron chi connectivity index (χ0n) is 12.3. The third kappa shape index (κ3) is 2.50. The smallest absolute Gasteiger partial charge is 0.120 e. The minimum Gasteiger partial charge on any atom is -0.508 e. The minimum absolute atomic E-state index is 0.135. The number of hydrogen-bond acceptors (Lipinski definition) is 4. The Labute approximate surface area is 120 Å². The summed E-state index contributed by atoms with van der Waals surface area (Å²) in [6, 6.07) is 6.79. The number of ether oxygens (including phenoxy) is 1. The van der Waals surface area contributed by atoms with Crippen LogP contribution in [0.3, 0.4) is 0 Å². The molecule has 3 unspecified atom stereocenters. The van der Waals surface area contributed by atoms with Gasteiger partial charge in [-0.1, -0.05) is 0 Å². The molecule has 1 aromatic carbocycles. The van der Waals surface area contributed by atoms with E-state index in [0.29, 0.717) is 17.8 Å². The average molecular weight is 276 g/mol. The second kappa shape index (κ2) is 5.62. The standard InChI is InChI=1S/C16H24N2O2/c1-11(13-10-12(20-2)5-6-16(13)19)17-14-7-9-18-8-3-4-15(14)18/h5-6,10-11,14-15,17,19H,3-4,7-9H2,1-2H3. The Morgan fingerprint density at radius 1 is 1.35 bits per heavy atom. The Morgan fingerprint density at radius 2 is 2.20 bits per heavy atom. The van der Waals surface area contributed by atoms with E-state index in [2.05, 4.69) is 17.1 Å². The molecule has 3 rings (SSSR count).